The van der Waals surface area contributed by atoms with Gasteiger partial charge in [0.1, 0.15) is 0 Å². The number of nitrogens with zero attached hydrogens (tertiary/aromatic N) is 2. The summed E-state index contributed by atoms with van der Waals surface area (Å²) in [7, 11) is 1.14. The van der Waals surface area contributed by atoms with E-state index in [1.165, 1.54) is 69.9 Å². The molecule has 2 aliphatic rings. The van der Waals surface area contributed by atoms with Crippen molar-refractivity contribution in [1.29, 1.82) is 0 Å². The van der Waals surface area contributed by atoms with Gasteiger partial charge >= 0.3 is 0 Å². The number of rotatable bonds is 3. The number of likely N-dealkylation sites (tertiary alicyclic amines) is 2. The molecule has 2 fully saturated rings. The number of hydrogen-bond acceptors (Lipinski definition) is 2. The van der Waals surface area contributed by atoms with E-state index in [1.807, 2.05) is 0 Å². The molecule has 2 saturated heterocycles. The average Bonchev–Trinajstić information content (AvgIpc) is 2.31. The lowest BCUT2D eigenvalue weighted by Gasteiger charge is -2.43. The van der Waals surface area contributed by atoms with E-state index < -0.39 is 0 Å². The maximum Gasteiger partial charge on any atom is 0.0796 e. The smallest absolute Gasteiger partial charge is 0.0796 e. The standard InChI is InChI=1S/C13H26N2Si/c1-12(16)13(14-8-4-2-5-9-14)15-10-6-3-7-11-15/h13H,1-11H2,16H3. The summed E-state index contributed by atoms with van der Waals surface area (Å²) in [6.07, 6.45) is 9.00. The van der Waals surface area contributed by atoms with E-state index >= 15 is 0 Å². The van der Waals surface area contributed by atoms with Crippen molar-refractivity contribution >= 4 is 10.2 Å². The molecule has 92 valence electrons. The zero-order valence-electron chi connectivity index (χ0n) is 10.7. The van der Waals surface area contributed by atoms with Crippen LogP contribution in [0.5, 0.6) is 0 Å². The van der Waals surface area contributed by atoms with Gasteiger partial charge in [0.05, 0.1) is 6.17 Å². The monoisotopic (exact) mass is 238 g/mol. The van der Waals surface area contributed by atoms with Crippen molar-refractivity contribution in [3.05, 3.63) is 11.8 Å². The van der Waals surface area contributed by atoms with Gasteiger partial charge in [0.25, 0.3) is 0 Å². The summed E-state index contributed by atoms with van der Waals surface area (Å²) < 4.78 is 0. The molecule has 0 unspecified atom stereocenters. The van der Waals surface area contributed by atoms with Gasteiger partial charge in [0, 0.05) is 10.2 Å². The van der Waals surface area contributed by atoms with Gasteiger partial charge in [-0.15, -0.1) is 6.58 Å². The molecule has 0 amide bonds. The predicted molar refractivity (Wildman–Crippen MR) is 73.7 cm³/mol. The summed E-state index contributed by atoms with van der Waals surface area (Å²) >= 11 is 0. The zero-order chi connectivity index (χ0) is 11.4. The van der Waals surface area contributed by atoms with Gasteiger partial charge in [0.2, 0.25) is 0 Å². The summed E-state index contributed by atoms with van der Waals surface area (Å²) in [6, 6.07) is 0. The molecule has 2 nitrogen and oxygen atoms in total. The summed E-state index contributed by atoms with van der Waals surface area (Å²) in [5.41, 5.74) is 0. The molecular weight excluding hydrogens is 212 g/mol. The molecule has 0 radical (unpaired) electrons. The van der Waals surface area contributed by atoms with Crippen LogP contribution in [0.1, 0.15) is 38.5 Å². The van der Waals surface area contributed by atoms with Crippen LogP contribution in [0.15, 0.2) is 11.8 Å². The van der Waals surface area contributed by atoms with E-state index in [1.54, 1.807) is 0 Å². The van der Waals surface area contributed by atoms with E-state index in [0.29, 0.717) is 6.17 Å². The number of hydrogen-bond donors (Lipinski definition) is 0. The SMILES string of the molecule is C=C([SiH3])C(N1CCCCC1)N1CCCCC1. The highest BCUT2D eigenvalue weighted by Gasteiger charge is 2.27. The van der Waals surface area contributed by atoms with Gasteiger partial charge in [-0.1, -0.05) is 18.0 Å². The predicted octanol–water partition coefficient (Wildman–Crippen LogP) is 1.16. The Balaban J connectivity index is 1.99. The van der Waals surface area contributed by atoms with Crippen molar-refractivity contribution in [2.45, 2.75) is 44.7 Å². The Bertz CT molecular complexity index is 212. The first kappa shape index (κ1) is 12.3. The fourth-order valence-corrected chi connectivity index (χ4v) is 3.91. The van der Waals surface area contributed by atoms with E-state index in [0.717, 1.165) is 10.2 Å². The molecule has 2 aliphatic heterocycles. The van der Waals surface area contributed by atoms with E-state index in [4.69, 9.17) is 0 Å². The van der Waals surface area contributed by atoms with Crippen LogP contribution in [0.25, 0.3) is 0 Å². The topological polar surface area (TPSA) is 6.48 Å². The first-order valence-electron chi connectivity index (χ1n) is 6.92. The molecule has 0 saturated carbocycles. The summed E-state index contributed by atoms with van der Waals surface area (Å²) in [5.74, 6) is 0. The molecule has 0 aromatic carbocycles. The van der Waals surface area contributed by atoms with Crippen LogP contribution in [0.2, 0.25) is 0 Å². The summed E-state index contributed by atoms with van der Waals surface area (Å²) in [5, 5.41) is 1.48. The minimum absolute atomic E-state index is 0.590. The third kappa shape index (κ3) is 2.96. The largest absolute Gasteiger partial charge is 0.285 e. The van der Waals surface area contributed by atoms with E-state index in [9.17, 15) is 0 Å². The third-order valence-corrected chi connectivity index (χ3v) is 4.43. The molecule has 3 heteroatoms. The van der Waals surface area contributed by atoms with Gasteiger partial charge in [-0.3, -0.25) is 9.80 Å². The van der Waals surface area contributed by atoms with Crippen molar-refractivity contribution < 1.29 is 0 Å². The molecule has 2 heterocycles. The molecule has 2 rings (SSSR count). The summed E-state index contributed by atoms with van der Waals surface area (Å²) in [6.45, 7) is 9.46. The molecule has 0 aromatic heterocycles. The maximum atomic E-state index is 4.28. The van der Waals surface area contributed by atoms with Gasteiger partial charge in [0.15, 0.2) is 0 Å². The Morgan fingerprint density at radius 3 is 1.50 bits per heavy atom. The Morgan fingerprint density at radius 1 is 0.812 bits per heavy atom. The average molecular weight is 238 g/mol. The normalized spacial score (nSPS) is 25.1. The molecule has 0 spiro atoms. The first-order chi connectivity index (χ1) is 7.79. The van der Waals surface area contributed by atoms with Crippen molar-refractivity contribution in [2.75, 3.05) is 26.2 Å². The second-order valence-corrected chi connectivity index (χ2v) is 6.70. The van der Waals surface area contributed by atoms with Crippen LogP contribution in [0.3, 0.4) is 0 Å². The zero-order valence-corrected chi connectivity index (χ0v) is 12.7. The lowest BCUT2D eigenvalue weighted by Crippen LogP contribution is -2.52. The molecule has 0 atom stereocenters. The fraction of sp³-hybridized carbons (Fsp3) is 0.846. The summed E-state index contributed by atoms with van der Waals surface area (Å²) in [4.78, 5) is 5.37. The van der Waals surface area contributed by atoms with E-state index in [-0.39, 0.29) is 0 Å². The van der Waals surface area contributed by atoms with Crippen LogP contribution >= 0.6 is 0 Å². The quantitative estimate of drug-likeness (QED) is 0.681. The molecular formula is C13H26N2Si. The van der Waals surface area contributed by atoms with Gasteiger partial charge < -0.3 is 0 Å². The van der Waals surface area contributed by atoms with Gasteiger partial charge in [-0.05, 0) is 51.9 Å². The van der Waals surface area contributed by atoms with Crippen LogP contribution in [0.4, 0.5) is 0 Å². The third-order valence-electron chi connectivity index (χ3n) is 3.91. The minimum Gasteiger partial charge on any atom is -0.285 e. The highest BCUT2D eigenvalue weighted by molar-refractivity contribution is 6.21. The first-order valence-corrected chi connectivity index (χ1v) is 7.92. The van der Waals surface area contributed by atoms with Crippen molar-refractivity contribution in [1.82, 2.24) is 9.80 Å². The maximum absolute atomic E-state index is 4.28. The Morgan fingerprint density at radius 2 is 1.19 bits per heavy atom. The van der Waals surface area contributed by atoms with Crippen molar-refractivity contribution in [2.24, 2.45) is 0 Å². The van der Waals surface area contributed by atoms with E-state index in [2.05, 4.69) is 16.4 Å². The molecule has 0 bridgehead atoms. The van der Waals surface area contributed by atoms with Crippen LogP contribution in [-0.2, 0) is 0 Å². The highest BCUT2D eigenvalue weighted by Crippen LogP contribution is 2.21. The second kappa shape index (κ2) is 5.99. The van der Waals surface area contributed by atoms with Gasteiger partial charge in [-0.2, -0.15) is 0 Å². The lowest BCUT2D eigenvalue weighted by atomic mass is 10.1. The van der Waals surface area contributed by atoms with Gasteiger partial charge in [-0.25, -0.2) is 0 Å². The van der Waals surface area contributed by atoms with Crippen molar-refractivity contribution in [3.63, 3.8) is 0 Å². The van der Waals surface area contributed by atoms with Crippen LogP contribution in [-0.4, -0.2) is 52.4 Å². The minimum atomic E-state index is 0.590. The number of piperidine rings is 2. The fourth-order valence-electron chi connectivity index (χ4n) is 3.18. The molecule has 16 heavy (non-hydrogen) atoms. The van der Waals surface area contributed by atoms with Crippen LogP contribution in [0, 0.1) is 0 Å². The Kier molecular flexibility index (Phi) is 4.62. The molecule has 0 N–H and O–H groups in total. The van der Waals surface area contributed by atoms with Crippen molar-refractivity contribution in [3.8, 4) is 0 Å². The Labute approximate surface area is 103 Å². The molecule has 0 aromatic rings. The Hall–Kier alpha value is -0.123. The second-order valence-electron chi connectivity index (χ2n) is 5.41. The highest BCUT2D eigenvalue weighted by atomic mass is 28.1. The van der Waals surface area contributed by atoms with Crippen LogP contribution < -0.4 is 0 Å². The lowest BCUT2D eigenvalue weighted by molar-refractivity contribution is 0.0449. The molecule has 0 aliphatic carbocycles.